The second kappa shape index (κ2) is 11.2. The van der Waals surface area contributed by atoms with E-state index < -0.39 is 6.10 Å². The van der Waals surface area contributed by atoms with Crippen LogP contribution >= 0.6 is 0 Å². The molecular formula is C32H29N3O7. The van der Waals surface area contributed by atoms with Gasteiger partial charge in [-0.15, -0.1) is 0 Å². The Kier molecular flexibility index (Phi) is 7.30. The minimum atomic E-state index is -0.569. The number of ketones is 2. The number of nitrogens with one attached hydrogen (secondary N) is 1. The van der Waals surface area contributed by atoms with Crippen LogP contribution in [0, 0.1) is 0 Å². The number of carbonyl (C=O) groups is 4. The maximum Gasteiger partial charge on any atom is 0.256 e. The summed E-state index contributed by atoms with van der Waals surface area (Å²) in [5.74, 6) is -0.187. The normalized spacial score (nSPS) is 18.5. The molecule has 3 aromatic rings. The minimum Gasteiger partial charge on any atom is -0.493 e. The van der Waals surface area contributed by atoms with Crippen LogP contribution in [0.15, 0.2) is 59.6 Å². The van der Waals surface area contributed by atoms with Crippen LogP contribution in [0.1, 0.15) is 67.9 Å². The van der Waals surface area contributed by atoms with Crippen molar-refractivity contribution < 1.29 is 33.8 Å². The third kappa shape index (κ3) is 4.94. The second-order valence-electron chi connectivity index (χ2n) is 10.5. The van der Waals surface area contributed by atoms with Crippen LogP contribution in [0.25, 0.3) is 0 Å². The third-order valence-electron chi connectivity index (χ3n) is 7.76. The van der Waals surface area contributed by atoms with Crippen molar-refractivity contribution in [3.63, 3.8) is 0 Å². The molecule has 214 valence electrons. The lowest BCUT2D eigenvalue weighted by molar-refractivity contribution is -0.116. The number of hydrogen-bond donors (Lipinski definition) is 2. The van der Waals surface area contributed by atoms with E-state index in [1.807, 2.05) is 0 Å². The molecule has 10 nitrogen and oxygen atoms in total. The van der Waals surface area contributed by atoms with Crippen LogP contribution < -0.4 is 14.8 Å². The van der Waals surface area contributed by atoms with Gasteiger partial charge in [-0.25, -0.2) is 0 Å². The molecule has 2 unspecified atom stereocenters. The summed E-state index contributed by atoms with van der Waals surface area (Å²) in [6.45, 7) is 0.559. The van der Waals surface area contributed by atoms with Gasteiger partial charge in [-0.3, -0.25) is 24.2 Å². The summed E-state index contributed by atoms with van der Waals surface area (Å²) >= 11 is 0. The summed E-state index contributed by atoms with van der Waals surface area (Å²) in [6, 6.07) is 14.6. The largest absolute Gasteiger partial charge is 0.493 e. The summed E-state index contributed by atoms with van der Waals surface area (Å²) in [7, 11) is 1.49. The van der Waals surface area contributed by atoms with E-state index in [4.69, 9.17) is 9.47 Å². The monoisotopic (exact) mass is 567 g/mol. The van der Waals surface area contributed by atoms with Gasteiger partial charge in [-0.05, 0) is 25.0 Å². The van der Waals surface area contributed by atoms with E-state index in [-0.39, 0.29) is 53.5 Å². The topological polar surface area (TPSA) is 135 Å². The number of anilines is 1. The summed E-state index contributed by atoms with van der Waals surface area (Å²) < 4.78 is 11.4. The lowest BCUT2D eigenvalue weighted by atomic mass is 9.83. The number of unbranched alkanes of at least 4 members (excludes halogenated alkanes) is 1. The first-order chi connectivity index (χ1) is 20.4. The van der Waals surface area contributed by atoms with Crippen molar-refractivity contribution in [3.05, 3.63) is 82.4 Å². The molecule has 0 bridgehead atoms. The Bertz CT molecular complexity index is 1650. The van der Waals surface area contributed by atoms with Gasteiger partial charge < -0.3 is 24.8 Å². The molecule has 0 aromatic heterocycles. The first-order valence-electron chi connectivity index (χ1n) is 13.8. The Hall–Kier alpha value is -4.83. The number of fused-ring (bicyclic) bond motifs is 4. The van der Waals surface area contributed by atoms with E-state index in [0.717, 1.165) is 0 Å². The van der Waals surface area contributed by atoms with E-state index in [1.54, 1.807) is 65.7 Å². The number of aliphatic imine (C=N–C) groups is 1. The molecule has 3 aliphatic rings. The second-order valence-corrected chi connectivity index (χ2v) is 10.5. The SMILES string of the molecule is COc1cc2c(cc1OCCCCC(=O)Nc1cccc3c1C(=O)c1ccccc1C3=O)N=CC1CC(O)CN1C2=O. The molecule has 2 heterocycles. The Morgan fingerprint density at radius 3 is 2.52 bits per heavy atom. The zero-order valence-electron chi connectivity index (χ0n) is 23.0. The van der Waals surface area contributed by atoms with Crippen LogP contribution in [0.5, 0.6) is 11.5 Å². The molecule has 2 atom stereocenters. The van der Waals surface area contributed by atoms with Crippen LogP contribution in [-0.2, 0) is 4.79 Å². The maximum atomic E-state index is 13.2. The van der Waals surface area contributed by atoms with Gasteiger partial charge in [0, 0.05) is 48.4 Å². The number of carbonyl (C=O) groups excluding carboxylic acids is 4. The van der Waals surface area contributed by atoms with Gasteiger partial charge in [0.25, 0.3) is 5.91 Å². The van der Waals surface area contributed by atoms with Crippen molar-refractivity contribution in [1.29, 1.82) is 0 Å². The van der Waals surface area contributed by atoms with E-state index >= 15 is 0 Å². The van der Waals surface area contributed by atoms with Gasteiger partial charge in [-0.2, -0.15) is 0 Å². The molecule has 0 spiro atoms. The highest BCUT2D eigenvalue weighted by atomic mass is 16.5. The number of methoxy groups -OCH3 is 1. The summed E-state index contributed by atoms with van der Waals surface area (Å²) in [5, 5.41) is 12.8. The number of amides is 2. The fourth-order valence-electron chi connectivity index (χ4n) is 5.67. The number of benzene rings is 3. The first-order valence-corrected chi connectivity index (χ1v) is 13.8. The van der Waals surface area contributed by atoms with Gasteiger partial charge in [0.2, 0.25) is 5.91 Å². The molecule has 2 N–H and O–H groups in total. The molecule has 42 heavy (non-hydrogen) atoms. The van der Waals surface area contributed by atoms with Gasteiger partial charge in [-0.1, -0.05) is 36.4 Å². The number of aliphatic hydroxyl groups excluding tert-OH is 1. The number of ether oxygens (including phenoxy) is 2. The number of hydrogen-bond acceptors (Lipinski definition) is 8. The molecule has 1 saturated heterocycles. The molecule has 2 amide bonds. The standard InChI is InChI=1S/C32H29N3O7/c1-41-26-14-23-25(33-16-18-13-19(36)17-35(18)32(23)40)15-27(26)42-12-5-4-11-28(37)34-24-10-6-9-22-29(24)31(39)21-8-3-2-7-20(21)30(22)38/h2-3,6-10,14-16,18-19,36H,4-5,11-13,17H2,1H3,(H,34,37). The average molecular weight is 568 g/mol. The van der Waals surface area contributed by atoms with Crippen molar-refractivity contribution in [3.8, 4) is 11.5 Å². The predicted molar refractivity (Wildman–Crippen MR) is 154 cm³/mol. The Morgan fingerprint density at radius 2 is 1.74 bits per heavy atom. The van der Waals surface area contributed by atoms with Crippen LogP contribution in [0.4, 0.5) is 11.4 Å². The molecule has 0 radical (unpaired) electrons. The summed E-state index contributed by atoms with van der Waals surface area (Å²) in [5.41, 5.74) is 2.37. The number of aliphatic hydroxyl groups is 1. The van der Waals surface area contributed by atoms with Gasteiger partial charge in [0.05, 0.1) is 48.4 Å². The fourth-order valence-corrected chi connectivity index (χ4v) is 5.67. The van der Waals surface area contributed by atoms with E-state index in [0.29, 0.717) is 65.4 Å². The molecule has 1 aliphatic carbocycles. The molecule has 0 saturated carbocycles. The summed E-state index contributed by atoms with van der Waals surface area (Å²) in [6.07, 6.45) is 2.82. The zero-order chi connectivity index (χ0) is 29.4. The Morgan fingerprint density at radius 1 is 0.976 bits per heavy atom. The van der Waals surface area contributed by atoms with Crippen LogP contribution in [0.3, 0.4) is 0 Å². The average Bonchev–Trinajstić information content (AvgIpc) is 3.33. The quantitative estimate of drug-likeness (QED) is 0.308. The van der Waals surface area contributed by atoms with E-state index in [1.165, 1.54) is 7.11 Å². The molecule has 1 fully saturated rings. The van der Waals surface area contributed by atoms with Crippen LogP contribution in [-0.4, -0.2) is 72.0 Å². The molecule has 3 aromatic carbocycles. The van der Waals surface area contributed by atoms with Crippen LogP contribution in [0.2, 0.25) is 0 Å². The van der Waals surface area contributed by atoms with Gasteiger partial charge >= 0.3 is 0 Å². The first kappa shape index (κ1) is 27.3. The fraction of sp³-hybridized carbons (Fsp3) is 0.281. The number of nitrogens with zero attached hydrogens (tertiary/aromatic N) is 2. The predicted octanol–water partition coefficient (Wildman–Crippen LogP) is 3.95. The lowest BCUT2D eigenvalue weighted by Gasteiger charge is -2.20. The Balaban J connectivity index is 1.06. The van der Waals surface area contributed by atoms with E-state index in [2.05, 4.69) is 10.3 Å². The highest BCUT2D eigenvalue weighted by Crippen LogP contribution is 2.38. The Labute approximate surface area is 242 Å². The maximum absolute atomic E-state index is 13.2. The van der Waals surface area contributed by atoms with Crippen molar-refractivity contribution >= 4 is 41.0 Å². The highest BCUT2D eigenvalue weighted by Gasteiger charge is 2.37. The van der Waals surface area contributed by atoms with Crippen molar-refractivity contribution in [2.24, 2.45) is 4.99 Å². The molecule has 2 aliphatic heterocycles. The molecule has 6 rings (SSSR count). The van der Waals surface area contributed by atoms with Crippen molar-refractivity contribution in [2.75, 3.05) is 25.6 Å². The van der Waals surface area contributed by atoms with Crippen molar-refractivity contribution in [2.45, 2.75) is 37.8 Å². The van der Waals surface area contributed by atoms with Crippen molar-refractivity contribution in [1.82, 2.24) is 4.90 Å². The zero-order valence-corrected chi connectivity index (χ0v) is 23.0. The third-order valence-corrected chi connectivity index (χ3v) is 7.76. The molecular weight excluding hydrogens is 538 g/mol. The minimum absolute atomic E-state index is 0.189. The summed E-state index contributed by atoms with van der Waals surface area (Å²) in [4.78, 5) is 58.0. The highest BCUT2D eigenvalue weighted by molar-refractivity contribution is 6.30. The van der Waals surface area contributed by atoms with Gasteiger partial charge in [0.15, 0.2) is 23.1 Å². The smallest absolute Gasteiger partial charge is 0.256 e. The van der Waals surface area contributed by atoms with E-state index in [9.17, 15) is 24.3 Å². The van der Waals surface area contributed by atoms with Gasteiger partial charge in [0.1, 0.15) is 0 Å². The lowest BCUT2D eigenvalue weighted by Crippen LogP contribution is -2.35. The molecule has 10 heteroatoms. The number of rotatable bonds is 8.